The van der Waals surface area contributed by atoms with Gasteiger partial charge in [0.2, 0.25) is 0 Å². The lowest BCUT2D eigenvalue weighted by Crippen LogP contribution is -2.49. The average molecular weight is 300 g/mol. The van der Waals surface area contributed by atoms with E-state index in [-0.39, 0.29) is 0 Å². The molecule has 1 aliphatic rings. The normalized spacial score (nSPS) is 22.2. The minimum Gasteiger partial charge on any atom is -0.384 e. The highest BCUT2D eigenvalue weighted by atomic mass is 15.1. The van der Waals surface area contributed by atoms with E-state index in [0.29, 0.717) is 11.7 Å². The maximum atomic E-state index is 6.95. The van der Waals surface area contributed by atoms with Crippen molar-refractivity contribution in [3.05, 3.63) is 35.7 Å². The van der Waals surface area contributed by atoms with Crippen molar-refractivity contribution >= 4 is 11.4 Å². The monoisotopic (exact) mass is 300 g/mol. The van der Waals surface area contributed by atoms with Crippen molar-refractivity contribution in [2.45, 2.75) is 32.7 Å². The first-order valence-electron chi connectivity index (χ1n) is 8.44. The number of hydrogen-bond acceptors (Lipinski definition) is 3. The Morgan fingerprint density at radius 2 is 2.00 bits per heavy atom. The molecule has 0 saturated carbocycles. The molecule has 120 valence electrons. The van der Waals surface area contributed by atoms with Crippen molar-refractivity contribution in [2.75, 3.05) is 38.0 Å². The summed E-state index contributed by atoms with van der Waals surface area (Å²) >= 11 is 0. The molecule has 2 N–H and O–H groups in total. The molecule has 0 aromatic heterocycles. The van der Waals surface area contributed by atoms with Crippen LogP contribution >= 0.6 is 0 Å². The molecule has 1 aliphatic heterocycles. The Balaban J connectivity index is 1.70. The zero-order chi connectivity index (χ0) is 15.8. The number of anilines is 1. The quantitative estimate of drug-likeness (QED) is 0.598. The van der Waals surface area contributed by atoms with Crippen LogP contribution in [0.25, 0.3) is 4.85 Å². The van der Waals surface area contributed by atoms with E-state index < -0.39 is 0 Å². The molecular weight excluding hydrogens is 272 g/mol. The number of nitrogens with zero attached hydrogens (tertiary/aromatic N) is 2. The fourth-order valence-corrected chi connectivity index (χ4v) is 3.20. The molecule has 2 rings (SSSR count). The third kappa shape index (κ3) is 4.72. The predicted octanol–water partition coefficient (Wildman–Crippen LogP) is 3.36. The van der Waals surface area contributed by atoms with E-state index in [2.05, 4.69) is 34.2 Å². The molecule has 0 bridgehead atoms. The summed E-state index contributed by atoms with van der Waals surface area (Å²) < 4.78 is 0. The summed E-state index contributed by atoms with van der Waals surface area (Å²) in [4.78, 5) is 5.97. The topological polar surface area (TPSA) is 31.7 Å². The Morgan fingerprint density at radius 3 is 2.64 bits per heavy atom. The predicted molar refractivity (Wildman–Crippen MR) is 93.5 cm³/mol. The van der Waals surface area contributed by atoms with Gasteiger partial charge in [0.1, 0.15) is 0 Å². The van der Waals surface area contributed by atoms with Gasteiger partial charge in [-0.15, -0.1) is 0 Å². The van der Waals surface area contributed by atoms with Crippen molar-refractivity contribution < 1.29 is 0 Å². The van der Waals surface area contributed by atoms with Gasteiger partial charge in [0, 0.05) is 31.4 Å². The highest BCUT2D eigenvalue weighted by molar-refractivity contribution is 5.54. The van der Waals surface area contributed by atoms with E-state index in [1.165, 1.54) is 32.5 Å². The SMILES string of the molecule is [C-]#[N+]c1ccc(NCCNC2CCN(CC)CC2CC)cc1. The Bertz CT molecular complexity index is 477. The van der Waals surface area contributed by atoms with Gasteiger partial charge >= 0.3 is 0 Å². The van der Waals surface area contributed by atoms with E-state index in [4.69, 9.17) is 6.57 Å². The molecule has 22 heavy (non-hydrogen) atoms. The van der Waals surface area contributed by atoms with E-state index >= 15 is 0 Å². The van der Waals surface area contributed by atoms with E-state index in [9.17, 15) is 0 Å². The molecule has 0 aliphatic carbocycles. The third-order valence-electron chi connectivity index (χ3n) is 4.65. The molecule has 4 heteroatoms. The van der Waals surface area contributed by atoms with Crippen molar-refractivity contribution in [3.63, 3.8) is 0 Å². The first-order valence-corrected chi connectivity index (χ1v) is 8.44. The lowest BCUT2D eigenvalue weighted by molar-refractivity contribution is 0.141. The van der Waals surface area contributed by atoms with Gasteiger partial charge < -0.3 is 15.5 Å². The maximum Gasteiger partial charge on any atom is 0.187 e. The summed E-state index contributed by atoms with van der Waals surface area (Å²) in [5.74, 6) is 0.770. The van der Waals surface area contributed by atoms with Gasteiger partial charge in [0.15, 0.2) is 5.69 Å². The number of nitrogens with one attached hydrogen (secondary N) is 2. The second kappa shape index (κ2) is 8.77. The van der Waals surface area contributed by atoms with Gasteiger partial charge in [0.05, 0.1) is 6.57 Å². The van der Waals surface area contributed by atoms with Gasteiger partial charge in [-0.2, -0.15) is 0 Å². The van der Waals surface area contributed by atoms with Crippen LogP contribution in [0, 0.1) is 12.5 Å². The third-order valence-corrected chi connectivity index (χ3v) is 4.65. The number of likely N-dealkylation sites (tertiary alicyclic amines) is 1. The molecule has 1 fully saturated rings. The molecule has 4 nitrogen and oxygen atoms in total. The first-order chi connectivity index (χ1) is 10.8. The second-order valence-corrected chi connectivity index (χ2v) is 6.00. The molecule has 1 heterocycles. The van der Waals surface area contributed by atoms with Crippen LogP contribution in [0.3, 0.4) is 0 Å². The minimum absolute atomic E-state index is 0.652. The zero-order valence-corrected chi connectivity index (χ0v) is 13.8. The Hall–Kier alpha value is -1.57. The van der Waals surface area contributed by atoms with Crippen LogP contribution in [0.15, 0.2) is 24.3 Å². The summed E-state index contributed by atoms with van der Waals surface area (Å²) in [7, 11) is 0. The zero-order valence-electron chi connectivity index (χ0n) is 13.8. The van der Waals surface area contributed by atoms with Crippen LogP contribution in [0.2, 0.25) is 0 Å². The smallest absolute Gasteiger partial charge is 0.187 e. The molecule has 1 aromatic carbocycles. The summed E-state index contributed by atoms with van der Waals surface area (Å²) in [6, 6.07) is 8.32. The van der Waals surface area contributed by atoms with Crippen molar-refractivity contribution in [3.8, 4) is 0 Å². The minimum atomic E-state index is 0.652. The van der Waals surface area contributed by atoms with Gasteiger partial charge in [0.25, 0.3) is 0 Å². The van der Waals surface area contributed by atoms with Crippen LogP contribution in [-0.4, -0.2) is 43.7 Å². The van der Waals surface area contributed by atoms with Gasteiger partial charge in [-0.3, -0.25) is 0 Å². The number of piperidine rings is 1. The molecule has 1 aromatic rings. The lowest BCUT2D eigenvalue weighted by atomic mass is 9.90. The van der Waals surface area contributed by atoms with Crippen LogP contribution < -0.4 is 10.6 Å². The van der Waals surface area contributed by atoms with Crippen molar-refractivity contribution in [2.24, 2.45) is 5.92 Å². The molecule has 0 radical (unpaired) electrons. The Morgan fingerprint density at radius 1 is 1.23 bits per heavy atom. The van der Waals surface area contributed by atoms with E-state index in [1.54, 1.807) is 0 Å². The number of benzene rings is 1. The first kappa shape index (κ1) is 16.8. The van der Waals surface area contributed by atoms with Crippen molar-refractivity contribution in [1.29, 1.82) is 0 Å². The molecule has 0 spiro atoms. The van der Waals surface area contributed by atoms with Crippen LogP contribution in [-0.2, 0) is 0 Å². The fourth-order valence-electron chi connectivity index (χ4n) is 3.20. The van der Waals surface area contributed by atoms with Crippen LogP contribution in [0.4, 0.5) is 11.4 Å². The van der Waals surface area contributed by atoms with E-state index in [1.807, 2.05) is 24.3 Å². The maximum absolute atomic E-state index is 6.95. The van der Waals surface area contributed by atoms with Crippen molar-refractivity contribution in [1.82, 2.24) is 10.2 Å². The standard InChI is InChI=1S/C18H28N4/c1-4-15-14-22(5-2)13-10-18(15)21-12-11-20-17-8-6-16(19-3)7-9-17/h6-9,15,18,20-21H,4-5,10-14H2,1-2H3. The van der Waals surface area contributed by atoms with Gasteiger partial charge in [-0.25, -0.2) is 4.85 Å². The summed E-state index contributed by atoms with van der Waals surface area (Å²) in [5, 5.41) is 7.13. The molecule has 1 saturated heterocycles. The fraction of sp³-hybridized carbons (Fsp3) is 0.611. The molecule has 2 unspecified atom stereocenters. The second-order valence-electron chi connectivity index (χ2n) is 6.00. The highest BCUT2D eigenvalue weighted by Gasteiger charge is 2.26. The average Bonchev–Trinajstić information content (AvgIpc) is 2.59. The van der Waals surface area contributed by atoms with E-state index in [0.717, 1.165) is 24.7 Å². The highest BCUT2D eigenvalue weighted by Crippen LogP contribution is 2.20. The Labute approximate surface area is 134 Å². The lowest BCUT2D eigenvalue weighted by Gasteiger charge is -2.38. The van der Waals surface area contributed by atoms with Crippen LogP contribution in [0.5, 0.6) is 0 Å². The van der Waals surface area contributed by atoms with Crippen LogP contribution in [0.1, 0.15) is 26.7 Å². The molecular formula is C18H28N4. The molecule has 2 atom stereocenters. The van der Waals surface area contributed by atoms with Gasteiger partial charge in [-0.1, -0.05) is 32.4 Å². The summed E-state index contributed by atoms with van der Waals surface area (Å²) in [5.41, 5.74) is 1.78. The van der Waals surface area contributed by atoms with Gasteiger partial charge in [-0.05, 0) is 37.6 Å². The summed E-state index contributed by atoms with van der Waals surface area (Å²) in [6.07, 6.45) is 2.51. The number of hydrogen-bond donors (Lipinski definition) is 2. The largest absolute Gasteiger partial charge is 0.384 e. The molecule has 0 amide bonds. The Kier molecular flexibility index (Phi) is 6.70. The summed E-state index contributed by atoms with van der Waals surface area (Å²) in [6.45, 7) is 17.0. The number of rotatable bonds is 7.